The van der Waals surface area contributed by atoms with Gasteiger partial charge < -0.3 is 29.1 Å². The number of piperazine rings is 1. The molecule has 4 aliphatic rings. The Morgan fingerprint density at radius 2 is 1.91 bits per heavy atom. The van der Waals surface area contributed by atoms with Gasteiger partial charge in [-0.15, -0.1) is 0 Å². The standard InChI is InChI=1S/C34H45N7O4/c1-33(2,3)45-32(43)40-18-17-39(21-25(40)13-15-35)30-27-12-14-34(20-29(42)41(23-34)24-9-6-5-7-10-24)19-28(27)36-31(37-30)44-22-26-11-8-16-38(26)4/h5-7,9-10,25-26H,8,11-14,16-23H2,1-4H3/t25-,26-,34?/m0/s1. The highest BCUT2D eigenvalue weighted by Gasteiger charge is 2.47. The van der Waals surface area contributed by atoms with Gasteiger partial charge in [-0.3, -0.25) is 4.79 Å². The van der Waals surface area contributed by atoms with Crippen molar-refractivity contribution in [2.45, 2.75) is 83.4 Å². The number of nitrogens with zero attached hydrogens (tertiary/aromatic N) is 7. The van der Waals surface area contributed by atoms with Crippen LogP contribution in [0.15, 0.2) is 30.3 Å². The molecule has 0 bridgehead atoms. The van der Waals surface area contributed by atoms with Crippen molar-refractivity contribution in [1.29, 1.82) is 5.26 Å². The molecule has 1 aromatic carbocycles. The van der Waals surface area contributed by atoms with Gasteiger partial charge in [0.25, 0.3) is 0 Å². The summed E-state index contributed by atoms with van der Waals surface area (Å²) in [5.41, 5.74) is 2.13. The van der Waals surface area contributed by atoms with Crippen LogP contribution >= 0.6 is 0 Å². The molecule has 3 saturated heterocycles. The number of nitriles is 1. The third kappa shape index (κ3) is 6.71. The van der Waals surface area contributed by atoms with Crippen molar-refractivity contribution in [2.75, 3.05) is 56.2 Å². The van der Waals surface area contributed by atoms with E-state index >= 15 is 0 Å². The average molecular weight is 616 g/mol. The van der Waals surface area contributed by atoms with Gasteiger partial charge in [0.2, 0.25) is 5.91 Å². The van der Waals surface area contributed by atoms with Crippen molar-refractivity contribution in [1.82, 2.24) is 19.8 Å². The maximum absolute atomic E-state index is 13.3. The van der Waals surface area contributed by atoms with Gasteiger partial charge in [-0.05, 0) is 78.6 Å². The third-order valence-corrected chi connectivity index (χ3v) is 9.70. The number of ether oxygens (including phenoxy) is 2. The fourth-order valence-electron chi connectivity index (χ4n) is 7.33. The van der Waals surface area contributed by atoms with E-state index in [2.05, 4.69) is 22.9 Å². The number of benzene rings is 1. The number of hydrogen-bond donors (Lipinski definition) is 0. The van der Waals surface area contributed by atoms with Crippen LogP contribution < -0.4 is 14.5 Å². The molecule has 1 spiro atoms. The van der Waals surface area contributed by atoms with E-state index in [0.717, 1.165) is 55.0 Å². The Kier molecular flexibility index (Phi) is 8.61. The van der Waals surface area contributed by atoms with E-state index in [-0.39, 0.29) is 23.8 Å². The van der Waals surface area contributed by atoms with Crippen LogP contribution in [0.2, 0.25) is 0 Å². The van der Waals surface area contributed by atoms with Crippen LogP contribution in [0.4, 0.5) is 16.3 Å². The SMILES string of the molecule is CN1CCC[C@H]1COc1nc2c(c(N3CCN(C(=O)OC(C)(C)C)[C@@H](CC#N)C3)n1)CCC1(CC(=O)N(c3ccccc3)C1)C2. The van der Waals surface area contributed by atoms with E-state index < -0.39 is 11.7 Å². The Hall–Kier alpha value is -3.91. The molecular weight excluding hydrogens is 570 g/mol. The predicted molar refractivity (Wildman–Crippen MR) is 170 cm³/mol. The van der Waals surface area contributed by atoms with Crippen LogP contribution in [0.25, 0.3) is 0 Å². The second-order valence-corrected chi connectivity index (χ2v) is 14.1. The molecule has 1 aromatic heterocycles. The molecule has 0 saturated carbocycles. The van der Waals surface area contributed by atoms with Crippen molar-refractivity contribution in [2.24, 2.45) is 5.41 Å². The minimum absolute atomic E-state index is 0.150. The molecule has 45 heavy (non-hydrogen) atoms. The number of anilines is 2. The molecule has 6 rings (SSSR count). The number of fused-ring (bicyclic) bond motifs is 1. The zero-order chi connectivity index (χ0) is 31.8. The van der Waals surface area contributed by atoms with Gasteiger partial charge in [-0.1, -0.05) is 18.2 Å². The highest BCUT2D eigenvalue weighted by Crippen LogP contribution is 2.46. The van der Waals surface area contributed by atoms with Crippen LogP contribution in [0.1, 0.15) is 64.1 Å². The molecule has 0 N–H and O–H groups in total. The predicted octanol–water partition coefficient (Wildman–Crippen LogP) is 4.20. The molecule has 2 amide bonds. The molecule has 3 aliphatic heterocycles. The largest absolute Gasteiger partial charge is 0.462 e. The summed E-state index contributed by atoms with van der Waals surface area (Å²) in [4.78, 5) is 44.4. The smallest absolute Gasteiger partial charge is 0.410 e. The maximum Gasteiger partial charge on any atom is 0.410 e. The average Bonchev–Trinajstić information content (AvgIpc) is 3.56. The van der Waals surface area contributed by atoms with Crippen molar-refractivity contribution in [3.63, 3.8) is 0 Å². The Balaban J connectivity index is 1.28. The van der Waals surface area contributed by atoms with Crippen molar-refractivity contribution < 1.29 is 19.1 Å². The minimum atomic E-state index is -0.621. The van der Waals surface area contributed by atoms with E-state index in [4.69, 9.17) is 19.4 Å². The Morgan fingerprint density at radius 3 is 2.62 bits per heavy atom. The normalized spacial score (nSPS) is 25.4. The molecule has 3 atom stereocenters. The summed E-state index contributed by atoms with van der Waals surface area (Å²) in [7, 11) is 2.12. The van der Waals surface area contributed by atoms with Gasteiger partial charge >= 0.3 is 12.1 Å². The molecule has 3 fully saturated rings. The first-order valence-corrected chi connectivity index (χ1v) is 16.2. The van der Waals surface area contributed by atoms with Crippen LogP contribution in [-0.2, 0) is 22.4 Å². The summed E-state index contributed by atoms with van der Waals surface area (Å²) in [5, 5.41) is 9.65. The number of rotatable bonds is 6. The maximum atomic E-state index is 13.3. The van der Waals surface area contributed by atoms with Crippen LogP contribution in [0.5, 0.6) is 6.01 Å². The number of likely N-dealkylation sites (N-methyl/N-ethyl adjacent to an activating group) is 1. The lowest BCUT2D eigenvalue weighted by atomic mass is 9.72. The van der Waals surface area contributed by atoms with Gasteiger partial charge in [-0.25, -0.2) is 4.79 Å². The summed E-state index contributed by atoms with van der Waals surface area (Å²) >= 11 is 0. The third-order valence-electron chi connectivity index (χ3n) is 9.70. The highest BCUT2D eigenvalue weighted by molar-refractivity contribution is 5.96. The number of aromatic nitrogens is 2. The second kappa shape index (κ2) is 12.5. The van der Waals surface area contributed by atoms with Crippen LogP contribution in [-0.4, -0.2) is 95.8 Å². The first-order chi connectivity index (χ1) is 21.5. The molecule has 11 heteroatoms. The molecular formula is C34H45N7O4. The van der Waals surface area contributed by atoms with E-state index in [1.54, 1.807) is 4.90 Å². The summed E-state index contributed by atoms with van der Waals surface area (Å²) in [5.74, 6) is 0.970. The summed E-state index contributed by atoms with van der Waals surface area (Å²) in [6, 6.07) is 12.5. The monoisotopic (exact) mass is 615 g/mol. The first kappa shape index (κ1) is 31.1. The molecule has 2 aromatic rings. The van der Waals surface area contributed by atoms with Gasteiger partial charge in [0, 0.05) is 55.3 Å². The van der Waals surface area contributed by atoms with E-state index in [9.17, 15) is 14.9 Å². The van der Waals surface area contributed by atoms with Crippen LogP contribution in [0.3, 0.4) is 0 Å². The highest BCUT2D eigenvalue weighted by atomic mass is 16.6. The Morgan fingerprint density at radius 1 is 1.11 bits per heavy atom. The van der Waals surface area contributed by atoms with Gasteiger partial charge in [0.05, 0.1) is 24.2 Å². The molecule has 11 nitrogen and oxygen atoms in total. The fourth-order valence-corrected chi connectivity index (χ4v) is 7.33. The number of hydrogen-bond acceptors (Lipinski definition) is 9. The lowest BCUT2D eigenvalue weighted by Crippen LogP contribution is -2.56. The molecule has 4 heterocycles. The summed E-state index contributed by atoms with van der Waals surface area (Å²) in [6.45, 7) is 9.23. The summed E-state index contributed by atoms with van der Waals surface area (Å²) in [6.07, 6.45) is 4.80. The molecule has 1 aliphatic carbocycles. The van der Waals surface area contributed by atoms with E-state index in [1.165, 1.54) is 0 Å². The zero-order valence-electron chi connectivity index (χ0n) is 27.0. The van der Waals surface area contributed by atoms with Gasteiger partial charge in [0.15, 0.2) is 0 Å². The van der Waals surface area contributed by atoms with Gasteiger partial charge in [-0.2, -0.15) is 15.2 Å². The van der Waals surface area contributed by atoms with Gasteiger partial charge in [0.1, 0.15) is 18.0 Å². The first-order valence-electron chi connectivity index (χ1n) is 16.2. The Bertz CT molecular complexity index is 1450. The minimum Gasteiger partial charge on any atom is -0.462 e. The summed E-state index contributed by atoms with van der Waals surface area (Å²) < 4.78 is 12.0. The number of carbonyl (C=O) groups is 2. The molecule has 240 valence electrons. The van der Waals surface area contributed by atoms with Crippen molar-refractivity contribution >= 4 is 23.5 Å². The van der Waals surface area contributed by atoms with E-state index in [0.29, 0.717) is 57.7 Å². The number of para-hydroxylation sites is 1. The number of likely N-dealkylation sites (tertiary alicyclic amines) is 1. The van der Waals surface area contributed by atoms with E-state index in [1.807, 2.05) is 56.0 Å². The number of amides is 2. The lowest BCUT2D eigenvalue weighted by molar-refractivity contribution is -0.117. The quantitative estimate of drug-likeness (QED) is 0.472. The zero-order valence-corrected chi connectivity index (χ0v) is 27.0. The lowest BCUT2D eigenvalue weighted by Gasteiger charge is -2.42. The Labute approximate surface area is 266 Å². The molecule has 1 unspecified atom stereocenters. The molecule has 0 radical (unpaired) electrons. The van der Waals surface area contributed by atoms with Crippen molar-refractivity contribution in [3.05, 3.63) is 41.6 Å². The van der Waals surface area contributed by atoms with Crippen LogP contribution in [0, 0.1) is 16.7 Å². The van der Waals surface area contributed by atoms with Crippen molar-refractivity contribution in [3.8, 4) is 12.1 Å². The fraction of sp³-hybridized carbons (Fsp3) is 0.618. The topological polar surface area (TPSA) is 115 Å². The second-order valence-electron chi connectivity index (χ2n) is 14.1. The number of carbonyl (C=O) groups excluding carboxylic acids is 2.